The fraction of sp³-hybridized carbons (Fsp3) is 0.417. The van der Waals surface area contributed by atoms with Crippen molar-refractivity contribution < 1.29 is 15.0 Å². The molecule has 1 atom stereocenters. The smallest absolute Gasteiger partial charge is 0.257 e. The van der Waals surface area contributed by atoms with Crippen LogP contribution in [0.4, 0.5) is 0 Å². The summed E-state index contributed by atoms with van der Waals surface area (Å²) < 4.78 is 0. The summed E-state index contributed by atoms with van der Waals surface area (Å²) in [4.78, 5) is 13.5. The third kappa shape index (κ3) is 2.27. The zero-order chi connectivity index (χ0) is 12.3. The third-order valence-corrected chi connectivity index (χ3v) is 2.82. The second-order valence-corrected chi connectivity index (χ2v) is 3.85. The molecule has 0 aromatic heterocycles. The molecule has 0 spiro atoms. The molecule has 0 bridgehead atoms. The molecule has 1 rings (SSSR count). The molecule has 0 heterocycles. The SMILES string of the molecule is CCC(C)N(C)C(=O)c1cccc(O)c1O. The highest BCUT2D eigenvalue weighted by Gasteiger charge is 2.20. The van der Waals surface area contributed by atoms with E-state index in [1.807, 2.05) is 13.8 Å². The fourth-order valence-electron chi connectivity index (χ4n) is 1.37. The van der Waals surface area contributed by atoms with Crippen LogP contribution in [-0.4, -0.2) is 34.1 Å². The first-order valence-corrected chi connectivity index (χ1v) is 5.27. The third-order valence-electron chi connectivity index (χ3n) is 2.82. The van der Waals surface area contributed by atoms with Crippen molar-refractivity contribution in [2.75, 3.05) is 7.05 Å². The summed E-state index contributed by atoms with van der Waals surface area (Å²) in [6.45, 7) is 3.91. The topological polar surface area (TPSA) is 60.8 Å². The molecule has 0 aliphatic rings. The summed E-state index contributed by atoms with van der Waals surface area (Å²) in [6.07, 6.45) is 0.835. The van der Waals surface area contributed by atoms with E-state index in [1.165, 1.54) is 18.2 Å². The maximum absolute atomic E-state index is 12.0. The van der Waals surface area contributed by atoms with Gasteiger partial charge in [0.1, 0.15) is 0 Å². The number of rotatable bonds is 3. The molecule has 4 nitrogen and oxygen atoms in total. The van der Waals surface area contributed by atoms with Gasteiger partial charge < -0.3 is 15.1 Å². The number of amides is 1. The first-order valence-electron chi connectivity index (χ1n) is 5.27. The van der Waals surface area contributed by atoms with Crippen molar-refractivity contribution in [3.8, 4) is 11.5 Å². The van der Waals surface area contributed by atoms with Gasteiger partial charge in [-0.2, -0.15) is 0 Å². The number of hydrogen-bond donors (Lipinski definition) is 2. The van der Waals surface area contributed by atoms with Crippen molar-refractivity contribution in [3.05, 3.63) is 23.8 Å². The van der Waals surface area contributed by atoms with Gasteiger partial charge in [-0.05, 0) is 25.5 Å². The number of para-hydroxylation sites is 1. The molecular weight excluding hydrogens is 206 g/mol. The van der Waals surface area contributed by atoms with Crippen molar-refractivity contribution >= 4 is 5.91 Å². The molecule has 0 saturated heterocycles. The predicted molar refractivity (Wildman–Crippen MR) is 61.6 cm³/mol. The Bertz CT molecular complexity index is 390. The van der Waals surface area contributed by atoms with E-state index in [9.17, 15) is 15.0 Å². The monoisotopic (exact) mass is 223 g/mol. The maximum Gasteiger partial charge on any atom is 0.257 e. The average molecular weight is 223 g/mol. The van der Waals surface area contributed by atoms with Crippen LogP contribution >= 0.6 is 0 Å². The molecule has 1 unspecified atom stereocenters. The van der Waals surface area contributed by atoms with E-state index >= 15 is 0 Å². The number of phenols is 2. The van der Waals surface area contributed by atoms with Crippen LogP contribution in [0.5, 0.6) is 11.5 Å². The van der Waals surface area contributed by atoms with E-state index < -0.39 is 0 Å². The zero-order valence-electron chi connectivity index (χ0n) is 9.77. The van der Waals surface area contributed by atoms with Gasteiger partial charge in [0.15, 0.2) is 11.5 Å². The van der Waals surface area contributed by atoms with Gasteiger partial charge in [-0.25, -0.2) is 0 Å². The number of aromatic hydroxyl groups is 2. The second-order valence-electron chi connectivity index (χ2n) is 3.85. The summed E-state index contributed by atoms with van der Waals surface area (Å²) in [5.74, 6) is -0.922. The molecule has 0 aliphatic carbocycles. The Morgan fingerprint density at radius 1 is 1.44 bits per heavy atom. The fourth-order valence-corrected chi connectivity index (χ4v) is 1.37. The number of hydrogen-bond acceptors (Lipinski definition) is 3. The molecule has 4 heteroatoms. The van der Waals surface area contributed by atoms with Crippen LogP contribution in [0.3, 0.4) is 0 Å². The molecule has 0 radical (unpaired) electrons. The average Bonchev–Trinajstić information content (AvgIpc) is 2.29. The van der Waals surface area contributed by atoms with E-state index in [2.05, 4.69) is 0 Å². The summed E-state index contributed by atoms with van der Waals surface area (Å²) >= 11 is 0. The molecule has 1 amide bonds. The largest absolute Gasteiger partial charge is 0.504 e. The number of nitrogens with zero attached hydrogens (tertiary/aromatic N) is 1. The highest BCUT2D eigenvalue weighted by atomic mass is 16.3. The van der Waals surface area contributed by atoms with Crippen molar-refractivity contribution in [3.63, 3.8) is 0 Å². The summed E-state index contributed by atoms with van der Waals surface area (Å²) in [7, 11) is 1.68. The Balaban J connectivity index is 3.01. The molecule has 0 saturated carbocycles. The summed E-state index contributed by atoms with van der Waals surface area (Å²) in [5.41, 5.74) is 0.128. The van der Waals surface area contributed by atoms with Crippen LogP contribution in [0.15, 0.2) is 18.2 Å². The predicted octanol–water partition coefficient (Wildman–Crippen LogP) is 1.97. The number of benzene rings is 1. The lowest BCUT2D eigenvalue weighted by atomic mass is 10.1. The molecule has 1 aromatic rings. The van der Waals surface area contributed by atoms with Crippen molar-refractivity contribution in [2.45, 2.75) is 26.3 Å². The number of carbonyl (C=O) groups excluding carboxylic acids is 1. The van der Waals surface area contributed by atoms with E-state index in [0.29, 0.717) is 0 Å². The van der Waals surface area contributed by atoms with E-state index in [0.717, 1.165) is 6.42 Å². The van der Waals surface area contributed by atoms with Crippen molar-refractivity contribution in [1.82, 2.24) is 4.90 Å². The maximum atomic E-state index is 12.0. The molecule has 88 valence electrons. The van der Waals surface area contributed by atoms with E-state index in [-0.39, 0.29) is 29.0 Å². The molecule has 1 aromatic carbocycles. The van der Waals surface area contributed by atoms with Gasteiger partial charge in [-0.1, -0.05) is 13.0 Å². The van der Waals surface area contributed by atoms with E-state index in [1.54, 1.807) is 11.9 Å². The van der Waals surface area contributed by atoms with Crippen LogP contribution in [-0.2, 0) is 0 Å². The highest BCUT2D eigenvalue weighted by molar-refractivity contribution is 5.97. The Morgan fingerprint density at radius 2 is 2.06 bits per heavy atom. The highest BCUT2D eigenvalue weighted by Crippen LogP contribution is 2.29. The van der Waals surface area contributed by atoms with Crippen molar-refractivity contribution in [2.24, 2.45) is 0 Å². The van der Waals surface area contributed by atoms with Gasteiger partial charge in [-0.3, -0.25) is 4.79 Å². The normalized spacial score (nSPS) is 12.2. The van der Waals surface area contributed by atoms with Gasteiger partial charge in [-0.15, -0.1) is 0 Å². The lowest BCUT2D eigenvalue weighted by Gasteiger charge is -2.24. The van der Waals surface area contributed by atoms with Gasteiger partial charge in [0, 0.05) is 13.1 Å². The summed E-state index contributed by atoms with van der Waals surface area (Å²) in [6, 6.07) is 4.47. The molecule has 2 N–H and O–H groups in total. The first kappa shape index (κ1) is 12.4. The zero-order valence-corrected chi connectivity index (χ0v) is 9.77. The van der Waals surface area contributed by atoms with Crippen LogP contribution in [0, 0.1) is 0 Å². The number of carbonyl (C=O) groups is 1. The minimum Gasteiger partial charge on any atom is -0.504 e. The second kappa shape index (κ2) is 4.88. The Labute approximate surface area is 95.1 Å². The Morgan fingerprint density at radius 3 is 2.62 bits per heavy atom. The van der Waals surface area contributed by atoms with Gasteiger partial charge in [0.05, 0.1) is 5.56 Å². The minimum absolute atomic E-state index is 0.0919. The summed E-state index contributed by atoms with van der Waals surface area (Å²) in [5, 5.41) is 18.9. The minimum atomic E-state index is -0.359. The molecule has 0 aliphatic heterocycles. The van der Waals surface area contributed by atoms with Crippen LogP contribution in [0.25, 0.3) is 0 Å². The van der Waals surface area contributed by atoms with Gasteiger partial charge in [0.25, 0.3) is 5.91 Å². The van der Waals surface area contributed by atoms with Crippen LogP contribution < -0.4 is 0 Å². The molecule has 0 fully saturated rings. The van der Waals surface area contributed by atoms with Crippen LogP contribution in [0.1, 0.15) is 30.6 Å². The Kier molecular flexibility index (Phi) is 3.77. The quantitative estimate of drug-likeness (QED) is 0.770. The first-order chi connectivity index (χ1) is 7.49. The van der Waals surface area contributed by atoms with Crippen LogP contribution in [0.2, 0.25) is 0 Å². The Hall–Kier alpha value is -1.71. The number of phenolic OH excluding ortho intramolecular Hbond substituents is 2. The van der Waals surface area contributed by atoms with Gasteiger partial charge >= 0.3 is 0 Å². The van der Waals surface area contributed by atoms with Crippen molar-refractivity contribution in [1.29, 1.82) is 0 Å². The lowest BCUT2D eigenvalue weighted by molar-refractivity contribution is 0.0737. The van der Waals surface area contributed by atoms with Gasteiger partial charge in [0.2, 0.25) is 0 Å². The lowest BCUT2D eigenvalue weighted by Crippen LogP contribution is -2.34. The standard InChI is InChI=1S/C12H17NO3/c1-4-8(2)13(3)12(16)9-6-5-7-10(14)11(9)15/h5-8,14-15H,4H2,1-3H3. The molecule has 16 heavy (non-hydrogen) atoms. The van der Waals surface area contributed by atoms with E-state index in [4.69, 9.17) is 0 Å². The molecular formula is C12H17NO3.